The summed E-state index contributed by atoms with van der Waals surface area (Å²) in [7, 11) is 0. The Morgan fingerprint density at radius 3 is 2.81 bits per heavy atom. The van der Waals surface area contributed by atoms with Gasteiger partial charge in [0.25, 0.3) is 5.91 Å². The second kappa shape index (κ2) is 5.82. The van der Waals surface area contributed by atoms with Crippen molar-refractivity contribution in [2.75, 3.05) is 0 Å². The Hall–Kier alpha value is -1.94. The lowest BCUT2D eigenvalue weighted by atomic mass is 10.2. The molecule has 2 aromatic rings. The first-order valence-electron chi connectivity index (χ1n) is 6.98. The second-order valence-electron chi connectivity index (χ2n) is 5.29. The van der Waals surface area contributed by atoms with Gasteiger partial charge in [-0.1, -0.05) is 17.7 Å². The van der Waals surface area contributed by atoms with Gasteiger partial charge < -0.3 is 4.90 Å². The van der Waals surface area contributed by atoms with Gasteiger partial charge in [-0.2, -0.15) is 0 Å². The van der Waals surface area contributed by atoms with E-state index in [0.717, 1.165) is 24.2 Å². The van der Waals surface area contributed by atoms with Crippen LogP contribution in [0, 0.1) is 6.92 Å². The lowest BCUT2D eigenvalue weighted by Crippen LogP contribution is -2.33. The van der Waals surface area contributed by atoms with Gasteiger partial charge in [0.15, 0.2) is 0 Å². The van der Waals surface area contributed by atoms with Crippen molar-refractivity contribution in [1.82, 2.24) is 14.9 Å². The molecule has 0 saturated heterocycles. The van der Waals surface area contributed by atoms with Gasteiger partial charge in [-0.3, -0.25) is 14.8 Å². The van der Waals surface area contributed by atoms with E-state index in [9.17, 15) is 4.79 Å². The van der Waals surface area contributed by atoms with E-state index in [-0.39, 0.29) is 11.9 Å². The third-order valence-electron chi connectivity index (χ3n) is 3.53. The summed E-state index contributed by atoms with van der Waals surface area (Å²) in [4.78, 5) is 23.1. The predicted octanol–water partition coefficient (Wildman–Crippen LogP) is 3.24. The zero-order valence-corrected chi connectivity index (χ0v) is 12.5. The van der Waals surface area contributed by atoms with Crippen LogP contribution in [0.25, 0.3) is 0 Å². The van der Waals surface area contributed by atoms with Crippen molar-refractivity contribution in [3.63, 3.8) is 0 Å². The first-order valence-corrected chi connectivity index (χ1v) is 7.36. The van der Waals surface area contributed by atoms with E-state index >= 15 is 0 Å². The van der Waals surface area contributed by atoms with Crippen LogP contribution < -0.4 is 0 Å². The molecule has 0 atom stereocenters. The molecule has 0 radical (unpaired) electrons. The number of nitrogens with zero attached hydrogens (tertiary/aromatic N) is 3. The molecule has 1 amide bonds. The van der Waals surface area contributed by atoms with E-state index in [0.29, 0.717) is 17.1 Å². The number of amides is 1. The van der Waals surface area contributed by atoms with Gasteiger partial charge in [0.05, 0.1) is 22.8 Å². The summed E-state index contributed by atoms with van der Waals surface area (Å²) < 4.78 is 0. The molecule has 2 heterocycles. The Kier molecular flexibility index (Phi) is 3.88. The van der Waals surface area contributed by atoms with Gasteiger partial charge in [-0.25, -0.2) is 0 Å². The van der Waals surface area contributed by atoms with Gasteiger partial charge in [-0.15, -0.1) is 0 Å². The van der Waals surface area contributed by atoms with Crippen LogP contribution in [0.3, 0.4) is 0 Å². The molecule has 5 heteroatoms. The number of hydrogen-bond acceptors (Lipinski definition) is 3. The van der Waals surface area contributed by atoms with E-state index in [1.54, 1.807) is 18.5 Å². The van der Waals surface area contributed by atoms with E-state index < -0.39 is 0 Å². The van der Waals surface area contributed by atoms with Gasteiger partial charge in [0.2, 0.25) is 0 Å². The van der Waals surface area contributed by atoms with Gasteiger partial charge in [0, 0.05) is 24.1 Å². The van der Waals surface area contributed by atoms with Crippen LogP contribution in [-0.2, 0) is 6.54 Å². The Bertz CT molecular complexity index is 656. The Labute approximate surface area is 128 Å². The van der Waals surface area contributed by atoms with Crippen molar-refractivity contribution in [3.05, 3.63) is 58.6 Å². The molecule has 0 bridgehead atoms. The number of pyridine rings is 2. The first kappa shape index (κ1) is 14.0. The molecule has 0 N–H and O–H groups in total. The SMILES string of the molecule is Cc1cc(Cl)c(C(=O)N(Cc2ccccn2)C2CC2)cn1. The molecule has 0 unspecified atom stereocenters. The molecule has 3 rings (SSSR count). The lowest BCUT2D eigenvalue weighted by molar-refractivity contribution is 0.0727. The summed E-state index contributed by atoms with van der Waals surface area (Å²) in [6.07, 6.45) is 5.38. The van der Waals surface area contributed by atoms with E-state index in [1.165, 1.54) is 0 Å². The van der Waals surface area contributed by atoms with Gasteiger partial charge in [0.1, 0.15) is 0 Å². The standard InChI is InChI=1S/C16H16ClN3O/c1-11-8-15(17)14(9-19-11)16(21)20(13-5-6-13)10-12-4-2-3-7-18-12/h2-4,7-9,13H,5-6,10H2,1H3. The Morgan fingerprint density at radius 2 is 2.19 bits per heavy atom. The van der Waals surface area contributed by atoms with Crippen LogP contribution >= 0.6 is 11.6 Å². The fourth-order valence-corrected chi connectivity index (χ4v) is 2.55. The van der Waals surface area contributed by atoms with Crippen LogP contribution in [0.15, 0.2) is 36.7 Å². The van der Waals surface area contributed by atoms with E-state index in [2.05, 4.69) is 9.97 Å². The molecule has 2 aromatic heterocycles. The minimum Gasteiger partial charge on any atom is -0.330 e. The molecule has 4 nitrogen and oxygen atoms in total. The molecule has 21 heavy (non-hydrogen) atoms. The van der Waals surface area contributed by atoms with Crippen molar-refractivity contribution in [3.8, 4) is 0 Å². The number of hydrogen-bond donors (Lipinski definition) is 0. The smallest absolute Gasteiger partial charge is 0.257 e. The molecule has 0 spiro atoms. The maximum absolute atomic E-state index is 12.7. The van der Waals surface area contributed by atoms with Crippen molar-refractivity contribution in [2.45, 2.75) is 32.4 Å². The highest BCUT2D eigenvalue weighted by molar-refractivity contribution is 6.33. The second-order valence-corrected chi connectivity index (χ2v) is 5.70. The summed E-state index contributed by atoms with van der Waals surface area (Å²) in [5.41, 5.74) is 2.15. The van der Waals surface area contributed by atoms with Crippen LogP contribution in [0.4, 0.5) is 0 Å². The van der Waals surface area contributed by atoms with Gasteiger partial charge in [-0.05, 0) is 38.0 Å². The summed E-state index contributed by atoms with van der Waals surface area (Å²) in [6.45, 7) is 2.36. The molecular weight excluding hydrogens is 286 g/mol. The molecule has 1 aliphatic carbocycles. The van der Waals surface area contributed by atoms with Crippen LogP contribution in [0.2, 0.25) is 5.02 Å². The average molecular weight is 302 g/mol. The quantitative estimate of drug-likeness (QED) is 0.871. The third kappa shape index (κ3) is 3.22. The molecule has 1 saturated carbocycles. The maximum Gasteiger partial charge on any atom is 0.257 e. The minimum atomic E-state index is -0.0688. The Balaban J connectivity index is 1.85. The van der Waals surface area contributed by atoms with Crippen LogP contribution in [-0.4, -0.2) is 26.8 Å². The number of aromatic nitrogens is 2. The Morgan fingerprint density at radius 1 is 1.38 bits per heavy atom. The largest absolute Gasteiger partial charge is 0.330 e. The highest BCUT2D eigenvalue weighted by atomic mass is 35.5. The highest BCUT2D eigenvalue weighted by Crippen LogP contribution is 2.30. The van der Waals surface area contributed by atoms with Gasteiger partial charge >= 0.3 is 0 Å². The monoisotopic (exact) mass is 301 g/mol. The van der Waals surface area contributed by atoms with E-state index in [4.69, 9.17) is 11.6 Å². The number of halogens is 1. The lowest BCUT2D eigenvalue weighted by Gasteiger charge is -2.22. The van der Waals surface area contributed by atoms with Crippen LogP contribution in [0.5, 0.6) is 0 Å². The number of carbonyl (C=O) groups excluding carboxylic acids is 1. The van der Waals surface area contributed by atoms with Crippen molar-refractivity contribution in [2.24, 2.45) is 0 Å². The minimum absolute atomic E-state index is 0.0688. The summed E-state index contributed by atoms with van der Waals surface area (Å²) >= 11 is 6.19. The molecule has 0 aromatic carbocycles. The molecule has 108 valence electrons. The maximum atomic E-state index is 12.7. The highest BCUT2D eigenvalue weighted by Gasteiger charge is 2.34. The van der Waals surface area contributed by atoms with E-state index in [1.807, 2.05) is 30.0 Å². The van der Waals surface area contributed by atoms with Crippen molar-refractivity contribution < 1.29 is 4.79 Å². The molecule has 1 fully saturated rings. The number of aryl methyl sites for hydroxylation is 1. The topological polar surface area (TPSA) is 46.1 Å². The zero-order chi connectivity index (χ0) is 14.8. The van der Waals surface area contributed by atoms with Crippen LogP contribution in [0.1, 0.15) is 34.6 Å². The fourth-order valence-electron chi connectivity index (χ4n) is 2.26. The average Bonchev–Trinajstić information content (AvgIpc) is 3.30. The predicted molar refractivity (Wildman–Crippen MR) is 81.1 cm³/mol. The first-order chi connectivity index (χ1) is 10.1. The fraction of sp³-hybridized carbons (Fsp3) is 0.312. The molecular formula is C16H16ClN3O. The summed E-state index contributed by atoms with van der Waals surface area (Å²) in [6, 6.07) is 7.74. The normalized spacial score (nSPS) is 14.0. The summed E-state index contributed by atoms with van der Waals surface area (Å²) in [5.74, 6) is -0.0688. The number of carbonyl (C=O) groups is 1. The summed E-state index contributed by atoms with van der Waals surface area (Å²) in [5, 5.41) is 0.458. The third-order valence-corrected chi connectivity index (χ3v) is 3.84. The molecule has 1 aliphatic rings. The zero-order valence-electron chi connectivity index (χ0n) is 11.8. The van der Waals surface area contributed by atoms with Crippen molar-refractivity contribution >= 4 is 17.5 Å². The number of rotatable bonds is 4. The molecule has 0 aliphatic heterocycles. The van der Waals surface area contributed by atoms with Crippen molar-refractivity contribution in [1.29, 1.82) is 0 Å².